The third kappa shape index (κ3) is 2.92. The van der Waals surface area contributed by atoms with Gasteiger partial charge in [0.2, 0.25) is 0 Å². The molecule has 1 atom stereocenters. The van der Waals surface area contributed by atoms with Crippen LogP contribution in [0.5, 0.6) is 5.75 Å². The van der Waals surface area contributed by atoms with Gasteiger partial charge in [-0.2, -0.15) is 0 Å². The Hall–Kier alpha value is -2.76. The number of rotatable bonds is 4. The molecule has 0 aliphatic carbocycles. The van der Waals surface area contributed by atoms with E-state index in [0.717, 1.165) is 16.9 Å². The molecule has 1 aliphatic rings. The molecule has 3 rings (SSSR count). The summed E-state index contributed by atoms with van der Waals surface area (Å²) < 4.78 is 10.6. The van der Waals surface area contributed by atoms with Crippen LogP contribution in [0.15, 0.2) is 34.6 Å². The molecule has 1 aromatic carbocycles. The van der Waals surface area contributed by atoms with E-state index in [1.54, 1.807) is 6.92 Å². The van der Waals surface area contributed by atoms with Gasteiger partial charge in [-0.15, -0.1) is 0 Å². The second kappa shape index (κ2) is 6.16. The maximum absolute atomic E-state index is 12.1. The van der Waals surface area contributed by atoms with E-state index in [2.05, 4.69) is 10.2 Å². The number of methoxy groups -OCH3 is 1. The van der Waals surface area contributed by atoms with Crippen LogP contribution < -0.4 is 10.3 Å². The molecule has 0 amide bonds. The average molecular weight is 314 g/mol. The largest absolute Gasteiger partial charge is 0.489 e. The molecule has 0 spiro atoms. The van der Waals surface area contributed by atoms with E-state index in [1.165, 1.54) is 7.11 Å². The summed E-state index contributed by atoms with van der Waals surface area (Å²) in [5.74, 6) is 0.0494. The maximum Gasteiger partial charge on any atom is 0.306 e. The SMILES string of the molecule is COC(=O)C[C@H](C1=Cc2ccccc2OC1)c1c(C)[nH][nH]c1=O. The summed E-state index contributed by atoms with van der Waals surface area (Å²) in [5.41, 5.74) is 2.85. The topological polar surface area (TPSA) is 84.2 Å². The first-order chi connectivity index (χ1) is 11.1. The molecule has 0 saturated carbocycles. The van der Waals surface area contributed by atoms with E-state index < -0.39 is 0 Å². The molecule has 0 saturated heterocycles. The standard InChI is InChI=1S/C17H18N2O4/c1-10-16(17(21)19-18-10)13(8-15(20)22-2)12-7-11-5-3-4-6-14(11)23-9-12/h3-7,13H,8-9H2,1-2H3,(H2,18,19,21)/t13-/m1/s1. The molecule has 0 fully saturated rings. The van der Waals surface area contributed by atoms with Crippen LogP contribution in [0, 0.1) is 6.92 Å². The highest BCUT2D eigenvalue weighted by molar-refractivity contribution is 5.73. The Morgan fingerprint density at radius 3 is 2.83 bits per heavy atom. The van der Waals surface area contributed by atoms with Crippen LogP contribution in [-0.2, 0) is 9.53 Å². The molecular formula is C17H18N2O4. The van der Waals surface area contributed by atoms with Gasteiger partial charge in [0.15, 0.2) is 0 Å². The van der Waals surface area contributed by atoms with Gasteiger partial charge in [-0.3, -0.25) is 14.7 Å². The molecule has 1 aliphatic heterocycles. The lowest BCUT2D eigenvalue weighted by atomic mass is 9.86. The van der Waals surface area contributed by atoms with Gasteiger partial charge >= 0.3 is 5.97 Å². The highest BCUT2D eigenvalue weighted by atomic mass is 16.5. The van der Waals surface area contributed by atoms with Crippen LogP contribution in [-0.4, -0.2) is 29.9 Å². The lowest BCUT2D eigenvalue weighted by molar-refractivity contribution is -0.140. The Morgan fingerprint density at radius 1 is 1.35 bits per heavy atom. The Balaban J connectivity index is 2.05. The number of hydrogen-bond acceptors (Lipinski definition) is 4. The number of hydrogen-bond donors (Lipinski definition) is 2. The Morgan fingerprint density at radius 2 is 2.13 bits per heavy atom. The predicted octanol–water partition coefficient (Wildman–Crippen LogP) is 2.13. The van der Waals surface area contributed by atoms with Crippen molar-refractivity contribution in [2.24, 2.45) is 0 Å². The van der Waals surface area contributed by atoms with Crippen molar-refractivity contribution in [1.82, 2.24) is 10.2 Å². The number of esters is 1. The fourth-order valence-electron chi connectivity index (χ4n) is 2.88. The zero-order chi connectivity index (χ0) is 16.4. The van der Waals surface area contributed by atoms with Crippen molar-refractivity contribution >= 4 is 12.0 Å². The zero-order valence-corrected chi connectivity index (χ0v) is 13.0. The Bertz CT molecular complexity index is 816. The van der Waals surface area contributed by atoms with E-state index >= 15 is 0 Å². The van der Waals surface area contributed by atoms with Crippen molar-refractivity contribution in [2.45, 2.75) is 19.3 Å². The van der Waals surface area contributed by atoms with E-state index in [4.69, 9.17) is 9.47 Å². The number of carbonyl (C=O) groups is 1. The molecule has 0 bridgehead atoms. The van der Waals surface area contributed by atoms with E-state index in [1.807, 2.05) is 30.3 Å². The number of carbonyl (C=O) groups excluding carboxylic acids is 1. The third-order valence-corrected chi connectivity index (χ3v) is 4.06. The van der Waals surface area contributed by atoms with Gasteiger partial charge in [-0.1, -0.05) is 18.2 Å². The quantitative estimate of drug-likeness (QED) is 0.847. The number of aromatic amines is 2. The van der Waals surface area contributed by atoms with Crippen molar-refractivity contribution in [3.63, 3.8) is 0 Å². The molecule has 120 valence electrons. The first-order valence-electron chi connectivity index (χ1n) is 7.36. The van der Waals surface area contributed by atoms with Crippen LogP contribution in [0.25, 0.3) is 6.08 Å². The smallest absolute Gasteiger partial charge is 0.306 e. The zero-order valence-electron chi connectivity index (χ0n) is 13.0. The number of fused-ring (bicyclic) bond motifs is 1. The molecule has 0 unspecified atom stereocenters. The van der Waals surface area contributed by atoms with Crippen molar-refractivity contribution in [1.29, 1.82) is 0 Å². The molecule has 0 radical (unpaired) electrons. The highest BCUT2D eigenvalue weighted by Crippen LogP contribution is 2.35. The lowest BCUT2D eigenvalue weighted by Crippen LogP contribution is -2.22. The van der Waals surface area contributed by atoms with Gasteiger partial charge in [0.05, 0.1) is 13.5 Å². The van der Waals surface area contributed by atoms with Gasteiger partial charge in [-0.05, 0) is 24.6 Å². The molecule has 6 heteroatoms. The minimum absolute atomic E-state index is 0.0929. The van der Waals surface area contributed by atoms with Crippen LogP contribution in [0.3, 0.4) is 0 Å². The number of nitrogens with one attached hydrogen (secondary N) is 2. The number of benzene rings is 1. The molecule has 1 aromatic heterocycles. The summed E-state index contributed by atoms with van der Waals surface area (Å²) in [6.45, 7) is 2.14. The second-order valence-corrected chi connectivity index (χ2v) is 5.50. The summed E-state index contributed by atoms with van der Waals surface area (Å²) >= 11 is 0. The lowest BCUT2D eigenvalue weighted by Gasteiger charge is -2.24. The minimum atomic E-state index is -0.384. The van der Waals surface area contributed by atoms with Gasteiger partial charge in [0.25, 0.3) is 5.56 Å². The molecule has 23 heavy (non-hydrogen) atoms. The monoisotopic (exact) mass is 314 g/mol. The Kier molecular flexibility index (Phi) is 4.06. The van der Waals surface area contributed by atoms with Gasteiger partial charge < -0.3 is 14.6 Å². The van der Waals surface area contributed by atoms with Crippen molar-refractivity contribution in [3.8, 4) is 5.75 Å². The second-order valence-electron chi connectivity index (χ2n) is 5.50. The van der Waals surface area contributed by atoms with E-state index in [9.17, 15) is 9.59 Å². The van der Waals surface area contributed by atoms with Gasteiger partial charge in [-0.25, -0.2) is 0 Å². The number of aryl methyl sites for hydroxylation is 1. The fraction of sp³-hybridized carbons (Fsp3) is 0.294. The molecule has 2 aromatic rings. The predicted molar refractivity (Wildman–Crippen MR) is 85.4 cm³/mol. The van der Waals surface area contributed by atoms with E-state index in [-0.39, 0.29) is 23.9 Å². The molecule has 6 nitrogen and oxygen atoms in total. The summed E-state index contributed by atoms with van der Waals surface area (Å²) in [6.07, 6.45) is 2.08. The van der Waals surface area contributed by atoms with Crippen LogP contribution in [0.1, 0.15) is 29.2 Å². The number of H-pyrrole nitrogens is 2. The first kappa shape index (κ1) is 15.1. The highest BCUT2D eigenvalue weighted by Gasteiger charge is 2.28. The molecule has 2 N–H and O–H groups in total. The summed E-state index contributed by atoms with van der Waals surface area (Å²) in [5, 5.41) is 5.38. The maximum atomic E-state index is 12.1. The average Bonchev–Trinajstić information content (AvgIpc) is 2.90. The first-order valence-corrected chi connectivity index (χ1v) is 7.36. The van der Waals surface area contributed by atoms with Crippen LogP contribution in [0.2, 0.25) is 0 Å². The summed E-state index contributed by atoms with van der Waals surface area (Å²) in [6, 6.07) is 7.67. The fourth-order valence-corrected chi connectivity index (χ4v) is 2.88. The molecule has 2 heterocycles. The minimum Gasteiger partial charge on any atom is -0.489 e. The number of para-hydroxylation sites is 1. The summed E-state index contributed by atoms with van der Waals surface area (Å²) in [4.78, 5) is 23.9. The van der Waals surface area contributed by atoms with E-state index in [0.29, 0.717) is 17.9 Å². The van der Waals surface area contributed by atoms with Crippen LogP contribution in [0.4, 0.5) is 0 Å². The summed E-state index contributed by atoms with van der Waals surface area (Å²) in [7, 11) is 1.34. The Labute approximate surface area is 133 Å². The normalized spacial score (nSPS) is 14.4. The van der Waals surface area contributed by atoms with Crippen molar-refractivity contribution < 1.29 is 14.3 Å². The third-order valence-electron chi connectivity index (χ3n) is 4.06. The van der Waals surface area contributed by atoms with Crippen molar-refractivity contribution in [2.75, 3.05) is 13.7 Å². The van der Waals surface area contributed by atoms with Crippen LogP contribution >= 0.6 is 0 Å². The number of aromatic nitrogens is 2. The van der Waals surface area contributed by atoms with Gasteiger partial charge in [0.1, 0.15) is 12.4 Å². The van der Waals surface area contributed by atoms with Gasteiger partial charge in [0, 0.05) is 22.7 Å². The number of ether oxygens (including phenoxy) is 2. The molecular weight excluding hydrogens is 296 g/mol. The van der Waals surface area contributed by atoms with Crippen molar-refractivity contribution in [3.05, 3.63) is 57.0 Å².